The van der Waals surface area contributed by atoms with Crippen LogP contribution in [-0.2, 0) is 0 Å². The fourth-order valence-electron chi connectivity index (χ4n) is 4.09. The van der Waals surface area contributed by atoms with E-state index in [9.17, 15) is 4.39 Å². The second kappa shape index (κ2) is 7.09. The number of hydrogen-bond acceptors (Lipinski definition) is 4. The number of H-pyrrole nitrogens is 2. The highest BCUT2D eigenvalue weighted by Gasteiger charge is 2.15. The Kier molecular flexibility index (Phi) is 4.07. The summed E-state index contributed by atoms with van der Waals surface area (Å²) in [5.74, 6) is -0.263. The van der Waals surface area contributed by atoms with Crippen LogP contribution in [0, 0.1) is 12.7 Å². The summed E-state index contributed by atoms with van der Waals surface area (Å²) in [7, 11) is 0. The van der Waals surface area contributed by atoms with Crippen LogP contribution in [-0.4, -0.2) is 30.1 Å². The maximum Gasteiger partial charge on any atom is 0.124 e. The van der Waals surface area contributed by atoms with Crippen molar-refractivity contribution in [1.82, 2.24) is 30.1 Å². The van der Waals surface area contributed by atoms with Crippen LogP contribution in [0.15, 0.2) is 73.4 Å². The van der Waals surface area contributed by atoms with Crippen LogP contribution < -0.4 is 0 Å². The molecule has 0 aliphatic carbocycles. The molecular weight excluding hydrogens is 403 g/mol. The van der Waals surface area contributed by atoms with Crippen molar-refractivity contribution >= 4 is 21.8 Å². The zero-order valence-electron chi connectivity index (χ0n) is 17.1. The minimum atomic E-state index is -0.263. The van der Waals surface area contributed by atoms with E-state index < -0.39 is 0 Å². The Morgan fingerprint density at radius 3 is 2.62 bits per heavy atom. The quantitative estimate of drug-likeness (QED) is 0.386. The molecule has 5 heterocycles. The predicted molar refractivity (Wildman–Crippen MR) is 122 cm³/mol. The molecule has 0 radical (unpaired) electrons. The van der Waals surface area contributed by atoms with Crippen LogP contribution in [0.3, 0.4) is 0 Å². The molecule has 0 aliphatic rings. The van der Waals surface area contributed by atoms with Gasteiger partial charge in [-0.05, 0) is 54.4 Å². The topological polar surface area (TPSA) is 83.1 Å². The summed E-state index contributed by atoms with van der Waals surface area (Å²) in [6, 6.07) is 12.9. The summed E-state index contributed by atoms with van der Waals surface area (Å²) in [5, 5.41) is 9.49. The second-order valence-electron chi connectivity index (χ2n) is 7.78. The molecule has 0 atom stereocenters. The summed E-state index contributed by atoms with van der Waals surface area (Å²) in [4.78, 5) is 16.5. The van der Waals surface area contributed by atoms with Crippen molar-refractivity contribution in [3.05, 3.63) is 84.8 Å². The number of fused-ring (bicyclic) bond motifs is 2. The van der Waals surface area contributed by atoms with Crippen LogP contribution >= 0.6 is 0 Å². The lowest BCUT2D eigenvalue weighted by molar-refractivity contribution is 0.627. The summed E-state index contributed by atoms with van der Waals surface area (Å²) in [5.41, 5.74) is 7.60. The molecule has 6 rings (SSSR count). The smallest absolute Gasteiger partial charge is 0.124 e. The summed E-state index contributed by atoms with van der Waals surface area (Å²) in [6.07, 6.45) is 8.84. The largest absolute Gasteiger partial charge is 0.352 e. The molecule has 0 saturated heterocycles. The molecule has 0 amide bonds. The zero-order chi connectivity index (χ0) is 21.7. The molecular formula is C25H17FN6. The third kappa shape index (κ3) is 3.02. The monoisotopic (exact) mass is 420 g/mol. The van der Waals surface area contributed by atoms with Crippen molar-refractivity contribution in [2.45, 2.75) is 6.92 Å². The van der Waals surface area contributed by atoms with Crippen LogP contribution in [0.5, 0.6) is 0 Å². The Labute approximate surface area is 182 Å². The van der Waals surface area contributed by atoms with Gasteiger partial charge >= 0.3 is 0 Å². The van der Waals surface area contributed by atoms with Gasteiger partial charge in [0.25, 0.3) is 0 Å². The van der Waals surface area contributed by atoms with E-state index in [-0.39, 0.29) is 5.82 Å². The Balaban J connectivity index is 1.52. The van der Waals surface area contributed by atoms with E-state index in [1.54, 1.807) is 31.0 Å². The van der Waals surface area contributed by atoms with E-state index in [1.807, 2.05) is 37.3 Å². The number of rotatable bonds is 3. The first-order chi connectivity index (χ1) is 15.7. The Hall–Kier alpha value is -4.39. The van der Waals surface area contributed by atoms with Gasteiger partial charge in [-0.15, -0.1) is 0 Å². The molecule has 6 nitrogen and oxygen atoms in total. The molecule has 0 aliphatic heterocycles. The SMILES string of the molecule is Cc1cc(F)cc(-c2cncc3[nH]c(-c4n[nH]c5cnc(-c6cccnc6)cc45)cc23)c1. The van der Waals surface area contributed by atoms with Gasteiger partial charge in [-0.1, -0.05) is 6.07 Å². The number of halogens is 1. The number of hydrogen-bond donors (Lipinski definition) is 2. The zero-order valence-corrected chi connectivity index (χ0v) is 17.1. The second-order valence-corrected chi connectivity index (χ2v) is 7.78. The minimum Gasteiger partial charge on any atom is -0.352 e. The molecule has 1 aromatic carbocycles. The average molecular weight is 420 g/mol. The fourth-order valence-corrected chi connectivity index (χ4v) is 4.09. The molecule has 7 heteroatoms. The number of benzene rings is 1. The van der Waals surface area contributed by atoms with Crippen molar-refractivity contribution in [3.8, 4) is 33.8 Å². The van der Waals surface area contributed by atoms with Gasteiger partial charge in [0, 0.05) is 40.5 Å². The molecule has 0 fully saturated rings. The average Bonchev–Trinajstić information content (AvgIpc) is 3.42. The first-order valence-corrected chi connectivity index (χ1v) is 10.1. The van der Waals surface area contributed by atoms with Gasteiger partial charge in [0.2, 0.25) is 0 Å². The van der Waals surface area contributed by atoms with Gasteiger partial charge < -0.3 is 4.98 Å². The third-order valence-electron chi connectivity index (χ3n) is 5.56. The van der Waals surface area contributed by atoms with Crippen LogP contribution in [0.25, 0.3) is 55.6 Å². The molecule has 5 aromatic heterocycles. The lowest BCUT2D eigenvalue weighted by Crippen LogP contribution is -1.85. The first-order valence-electron chi connectivity index (χ1n) is 10.1. The number of nitrogens with zero attached hydrogens (tertiary/aromatic N) is 4. The highest BCUT2D eigenvalue weighted by molar-refractivity contribution is 6.01. The van der Waals surface area contributed by atoms with Crippen molar-refractivity contribution in [3.63, 3.8) is 0 Å². The highest BCUT2D eigenvalue weighted by Crippen LogP contribution is 2.34. The lowest BCUT2D eigenvalue weighted by Gasteiger charge is -2.05. The minimum absolute atomic E-state index is 0.263. The predicted octanol–water partition coefficient (Wildman–Crippen LogP) is 5.68. The van der Waals surface area contributed by atoms with Crippen molar-refractivity contribution in [2.75, 3.05) is 0 Å². The Morgan fingerprint density at radius 1 is 0.844 bits per heavy atom. The van der Waals surface area contributed by atoms with Gasteiger partial charge in [-0.2, -0.15) is 5.10 Å². The molecule has 0 bridgehead atoms. The van der Waals surface area contributed by atoms with Gasteiger partial charge in [0.15, 0.2) is 0 Å². The van der Waals surface area contributed by atoms with Crippen molar-refractivity contribution in [1.29, 1.82) is 0 Å². The maximum absolute atomic E-state index is 14.0. The number of nitrogens with one attached hydrogen (secondary N) is 2. The number of aromatic amines is 2. The van der Waals surface area contributed by atoms with Crippen LogP contribution in [0.1, 0.15) is 5.56 Å². The molecule has 32 heavy (non-hydrogen) atoms. The van der Waals surface area contributed by atoms with E-state index in [0.717, 1.165) is 61.1 Å². The molecule has 0 saturated carbocycles. The van der Waals surface area contributed by atoms with Gasteiger partial charge in [0.1, 0.15) is 11.5 Å². The Morgan fingerprint density at radius 2 is 1.78 bits per heavy atom. The van der Waals surface area contributed by atoms with Gasteiger partial charge in [-0.25, -0.2) is 4.39 Å². The van der Waals surface area contributed by atoms with Gasteiger partial charge in [-0.3, -0.25) is 20.1 Å². The summed E-state index contributed by atoms with van der Waals surface area (Å²) in [6.45, 7) is 1.88. The van der Waals surface area contributed by atoms with Crippen molar-refractivity contribution in [2.24, 2.45) is 0 Å². The number of aryl methyl sites for hydroxylation is 1. The van der Waals surface area contributed by atoms with E-state index >= 15 is 0 Å². The highest BCUT2D eigenvalue weighted by atomic mass is 19.1. The summed E-state index contributed by atoms with van der Waals surface area (Å²) < 4.78 is 14.0. The first kappa shape index (κ1) is 18.4. The lowest BCUT2D eigenvalue weighted by atomic mass is 10.0. The van der Waals surface area contributed by atoms with Crippen LogP contribution in [0.4, 0.5) is 4.39 Å². The van der Waals surface area contributed by atoms with E-state index in [0.29, 0.717) is 0 Å². The standard InChI is InChI=1S/C25H17FN6/c1-14-5-16(7-17(26)6-14)20-11-28-12-23-18(20)8-22(30-23)25-19-9-21(15-3-2-4-27-10-15)29-13-24(19)31-32-25/h2-13,30H,1H3,(H,31,32). The summed E-state index contributed by atoms with van der Waals surface area (Å²) >= 11 is 0. The molecule has 0 spiro atoms. The fraction of sp³-hybridized carbons (Fsp3) is 0.0400. The molecule has 2 N–H and O–H groups in total. The molecule has 154 valence electrons. The Bertz CT molecular complexity index is 1580. The normalized spacial score (nSPS) is 11.4. The number of aromatic nitrogens is 6. The van der Waals surface area contributed by atoms with E-state index in [2.05, 4.69) is 30.1 Å². The van der Waals surface area contributed by atoms with Gasteiger partial charge in [0.05, 0.1) is 34.8 Å². The van der Waals surface area contributed by atoms with E-state index in [1.165, 1.54) is 12.1 Å². The molecule has 6 aromatic rings. The van der Waals surface area contributed by atoms with Crippen molar-refractivity contribution < 1.29 is 4.39 Å². The molecule has 0 unspecified atom stereocenters. The van der Waals surface area contributed by atoms with Crippen LogP contribution in [0.2, 0.25) is 0 Å². The number of pyridine rings is 3. The van der Waals surface area contributed by atoms with E-state index in [4.69, 9.17) is 0 Å². The maximum atomic E-state index is 14.0. The third-order valence-corrected chi connectivity index (χ3v) is 5.56.